The van der Waals surface area contributed by atoms with Gasteiger partial charge >= 0.3 is 12.1 Å². The van der Waals surface area contributed by atoms with Gasteiger partial charge in [-0.05, 0) is 61.2 Å². The molecule has 36 heavy (non-hydrogen) atoms. The minimum absolute atomic E-state index is 0.0432. The second-order valence-electron chi connectivity index (χ2n) is 9.67. The number of nitrogens with zero attached hydrogens (tertiary/aromatic N) is 1. The first-order valence-corrected chi connectivity index (χ1v) is 11.7. The van der Waals surface area contributed by atoms with Crippen molar-refractivity contribution in [2.24, 2.45) is 0 Å². The summed E-state index contributed by atoms with van der Waals surface area (Å²) in [6, 6.07) is 23.5. The van der Waals surface area contributed by atoms with Gasteiger partial charge in [-0.2, -0.15) is 0 Å². The molecule has 7 nitrogen and oxygen atoms in total. The Kier molecular flexibility index (Phi) is 8.48. The van der Waals surface area contributed by atoms with Gasteiger partial charge in [-0.15, -0.1) is 0 Å². The van der Waals surface area contributed by atoms with Gasteiger partial charge in [0.25, 0.3) is 5.91 Å². The lowest BCUT2D eigenvalue weighted by molar-refractivity contribution is -0.139. The average molecular weight is 489 g/mol. The molecule has 0 saturated heterocycles. The first-order valence-electron chi connectivity index (χ1n) is 11.7. The monoisotopic (exact) mass is 488 g/mol. The summed E-state index contributed by atoms with van der Waals surface area (Å²) in [6.07, 6.45) is -0.638. The minimum atomic E-state index is -1.13. The first kappa shape index (κ1) is 26.5. The Morgan fingerprint density at radius 3 is 2.17 bits per heavy atom. The number of amides is 2. The fourth-order valence-electron chi connectivity index (χ4n) is 3.71. The van der Waals surface area contributed by atoms with E-state index in [2.05, 4.69) is 5.32 Å². The summed E-state index contributed by atoms with van der Waals surface area (Å²) in [5, 5.41) is 12.0. The SMILES string of the molecule is CN(Cc1cccc(-c2ccc(CC(NC(=O)OC(C)(C)C)C(=O)O)cc2)c1)C(=O)c1ccccc1. The Morgan fingerprint density at radius 2 is 1.56 bits per heavy atom. The Morgan fingerprint density at radius 1 is 0.889 bits per heavy atom. The predicted octanol–water partition coefficient (Wildman–Crippen LogP) is 5.15. The summed E-state index contributed by atoms with van der Waals surface area (Å²) in [6.45, 7) is 5.62. The number of hydrogen-bond donors (Lipinski definition) is 2. The van der Waals surface area contributed by atoms with E-state index in [0.29, 0.717) is 12.1 Å². The van der Waals surface area contributed by atoms with Crippen LogP contribution in [-0.2, 0) is 22.5 Å². The van der Waals surface area contributed by atoms with Crippen LogP contribution in [0.25, 0.3) is 11.1 Å². The summed E-state index contributed by atoms with van der Waals surface area (Å²) in [7, 11) is 1.78. The van der Waals surface area contributed by atoms with Crippen LogP contribution < -0.4 is 5.32 Å². The molecule has 0 aliphatic carbocycles. The molecule has 0 aliphatic rings. The summed E-state index contributed by atoms with van der Waals surface area (Å²) in [5.74, 6) is -1.18. The second-order valence-corrected chi connectivity index (χ2v) is 9.67. The van der Waals surface area contributed by atoms with Crippen LogP contribution in [-0.4, -0.2) is 46.7 Å². The molecular weight excluding hydrogens is 456 g/mol. The third-order valence-corrected chi connectivity index (χ3v) is 5.43. The predicted molar refractivity (Wildman–Crippen MR) is 139 cm³/mol. The molecule has 0 radical (unpaired) electrons. The lowest BCUT2D eigenvalue weighted by Gasteiger charge is -2.22. The molecule has 0 saturated carbocycles. The number of hydrogen-bond acceptors (Lipinski definition) is 4. The lowest BCUT2D eigenvalue weighted by atomic mass is 9.99. The summed E-state index contributed by atoms with van der Waals surface area (Å²) in [5.41, 5.74) is 3.65. The number of carbonyl (C=O) groups excluding carboxylic acids is 2. The number of carboxylic acids is 1. The highest BCUT2D eigenvalue weighted by Gasteiger charge is 2.24. The zero-order valence-corrected chi connectivity index (χ0v) is 21.0. The number of carbonyl (C=O) groups is 3. The fraction of sp³-hybridized carbons (Fsp3) is 0.276. The number of carboxylic acid groups (broad SMARTS) is 1. The van der Waals surface area contributed by atoms with Crippen LogP contribution in [0.4, 0.5) is 4.79 Å². The van der Waals surface area contributed by atoms with E-state index >= 15 is 0 Å². The number of benzene rings is 3. The highest BCUT2D eigenvalue weighted by Crippen LogP contribution is 2.22. The standard InChI is InChI=1S/C29H32N2O5/c1-29(2,3)36-28(35)30-25(27(33)34)18-20-13-15-22(16-14-20)24-12-8-9-21(17-24)19-31(4)26(32)23-10-6-5-7-11-23/h5-17,25H,18-19H2,1-4H3,(H,30,35)(H,33,34). The van der Waals surface area contributed by atoms with Crippen molar-refractivity contribution in [3.8, 4) is 11.1 Å². The quantitative estimate of drug-likeness (QED) is 0.457. The van der Waals surface area contributed by atoms with Gasteiger partial charge in [0.05, 0.1) is 0 Å². The van der Waals surface area contributed by atoms with E-state index in [1.54, 1.807) is 44.9 Å². The maximum absolute atomic E-state index is 12.7. The molecule has 3 rings (SSSR count). The largest absolute Gasteiger partial charge is 0.480 e. The third kappa shape index (κ3) is 7.70. The van der Waals surface area contributed by atoms with Gasteiger partial charge in [-0.1, -0.05) is 60.7 Å². The van der Waals surface area contributed by atoms with Crippen LogP contribution in [0.2, 0.25) is 0 Å². The summed E-state index contributed by atoms with van der Waals surface area (Å²) in [4.78, 5) is 38.0. The normalized spacial score (nSPS) is 11.9. The van der Waals surface area contributed by atoms with Gasteiger partial charge in [-0.25, -0.2) is 9.59 Å². The fourth-order valence-corrected chi connectivity index (χ4v) is 3.71. The van der Waals surface area contributed by atoms with Gasteiger partial charge < -0.3 is 20.1 Å². The van der Waals surface area contributed by atoms with Gasteiger partial charge in [0, 0.05) is 25.6 Å². The van der Waals surface area contributed by atoms with Crippen LogP contribution in [0.3, 0.4) is 0 Å². The molecule has 188 valence electrons. The molecule has 2 amide bonds. The smallest absolute Gasteiger partial charge is 0.408 e. The summed E-state index contributed by atoms with van der Waals surface area (Å²) < 4.78 is 5.17. The van der Waals surface area contributed by atoms with E-state index in [1.807, 2.05) is 66.7 Å². The molecule has 1 atom stereocenters. The molecule has 1 unspecified atom stereocenters. The van der Waals surface area contributed by atoms with Gasteiger partial charge in [-0.3, -0.25) is 4.79 Å². The second kappa shape index (κ2) is 11.5. The maximum Gasteiger partial charge on any atom is 0.408 e. The number of alkyl carbamates (subject to hydrolysis) is 1. The molecule has 0 fully saturated rings. The van der Waals surface area contributed by atoms with E-state index in [4.69, 9.17) is 4.74 Å². The molecule has 0 spiro atoms. The Bertz CT molecular complexity index is 1200. The topological polar surface area (TPSA) is 95.9 Å². The first-order chi connectivity index (χ1) is 17.0. The van der Waals surface area contributed by atoms with E-state index < -0.39 is 23.7 Å². The van der Waals surface area contributed by atoms with Crippen LogP contribution in [0, 0.1) is 0 Å². The highest BCUT2D eigenvalue weighted by atomic mass is 16.6. The van der Waals surface area contributed by atoms with E-state index in [9.17, 15) is 19.5 Å². The van der Waals surface area contributed by atoms with E-state index in [-0.39, 0.29) is 12.3 Å². The average Bonchev–Trinajstić information content (AvgIpc) is 2.83. The molecule has 3 aromatic rings. The van der Waals surface area contributed by atoms with Gasteiger partial charge in [0.1, 0.15) is 11.6 Å². The van der Waals surface area contributed by atoms with Crippen molar-refractivity contribution >= 4 is 18.0 Å². The Balaban J connectivity index is 1.66. The van der Waals surface area contributed by atoms with Crippen molar-refractivity contribution in [2.75, 3.05) is 7.05 Å². The van der Waals surface area contributed by atoms with Crippen molar-refractivity contribution in [3.05, 3.63) is 95.6 Å². The van der Waals surface area contributed by atoms with Gasteiger partial charge in [0.2, 0.25) is 0 Å². The molecule has 0 aliphatic heterocycles. The van der Waals surface area contributed by atoms with E-state index in [1.165, 1.54) is 0 Å². The van der Waals surface area contributed by atoms with Crippen molar-refractivity contribution in [3.63, 3.8) is 0 Å². The number of aliphatic carboxylic acids is 1. The third-order valence-electron chi connectivity index (χ3n) is 5.43. The van der Waals surface area contributed by atoms with Crippen LogP contribution in [0.1, 0.15) is 42.3 Å². The van der Waals surface area contributed by atoms with Gasteiger partial charge in [0.15, 0.2) is 0 Å². The molecule has 0 heterocycles. The summed E-state index contributed by atoms with van der Waals surface area (Å²) >= 11 is 0. The molecule has 0 aromatic heterocycles. The number of nitrogens with one attached hydrogen (secondary N) is 1. The Hall–Kier alpha value is -4.13. The molecular formula is C29H32N2O5. The van der Waals surface area contributed by atoms with Crippen molar-refractivity contribution in [1.29, 1.82) is 0 Å². The molecule has 7 heteroatoms. The molecule has 0 bridgehead atoms. The van der Waals surface area contributed by atoms with Crippen LogP contribution >= 0.6 is 0 Å². The zero-order chi connectivity index (χ0) is 26.3. The molecule has 2 N–H and O–H groups in total. The zero-order valence-electron chi connectivity index (χ0n) is 21.0. The van der Waals surface area contributed by atoms with Crippen molar-refractivity contribution in [2.45, 2.75) is 45.4 Å². The van der Waals surface area contributed by atoms with Crippen LogP contribution in [0.15, 0.2) is 78.9 Å². The highest BCUT2D eigenvalue weighted by molar-refractivity contribution is 5.94. The minimum Gasteiger partial charge on any atom is -0.480 e. The Labute approximate surface area is 211 Å². The number of rotatable bonds is 8. The molecule has 3 aromatic carbocycles. The van der Waals surface area contributed by atoms with Crippen molar-refractivity contribution < 1.29 is 24.2 Å². The van der Waals surface area contributed by atoms with Crippen LogP contribution in [0.5, 0.6) is 0 Å². The maximum atomic E-state index is 12.7. The lowest BCUT2D eigenvalue weighted by Crippen LogP contribution is -2.44. The van der Waals surface area contributed by atoms with Crippen molar-refractivity contribution in [1.82, 2.24) is 10.2 Å². The number of ether oxygens (including phenoxy) is 1. The van der Waals surface area contributed by atoms with E-state index in [0.717, 1.165) is 22.3 Å².